The predicted molar refractivity (Wildman–Crippen MR) is 112 cm³/mol. The van der Waals surface area contributed by atoms with Crippen molar-refractivity contribution >= 4 is 40.0 Å². The number of H-pyrrole nitrogens is 1. The van der Waals surface area contributed by atoms with Crippen molar-refractivity contribution in [3.8, 4) is 0 Å². The van der Waals surface area contributed by atoms with Gasteiger partial charge in [0.15, 0.2) is 0 Å². The molecular formula is C23H21ClN2O3. The second-order valence-electron chi connectivity index (χ2n) is 7.53. The SMILES string of the molecule is CC(=O)C1C(=O)C(=O)N(CCc2c[nH]c3ccccc23)C1c1ccc(C)cc1Cl. The highest BCUT2D eigenvalue weighted by Crippen LogP contribution is 2.40. The van der Waals surface area contributed by atoms with Crippen LogP contribution in [0, 0.1) is 12.8 Å². The van der Waals surface area contributed by atoms with Crippen molar-refractivity contribution in [1.29, 1.82) is 0 Å². The first-order valence-electron chi connectivity index (χ1n) is 9.55. The first-order chi connectivity index (χ1) is 13.9. The number of aryl methyl sites for hydroxylation is 1. The normalized spacial score (nSPS) is 19.3. The highest BCUT2D eigenvalue weighted by molar-refractivity contribution is 6.43. The van der Waals surface area contributed by atoms with Gasteiger partial charge in [0.25, 0.3) is 5.91 Å². The smallest absolute Gasteiger partial charge is 0.291 e. The standard InChI is InChI=1S/C23H21ClN2O3/c1-13-7-8-17(18(24)11-13)21-20(14(2)27)22(28)23(29)26(21)10-9-15-12-25-19-6-4-3-5-16(15)19/h3-8,11-12,20-21,25H,9-10H2,1-2H3. The molecule has 1 aliphatic heterocycles. The lowest BCUT2D eigenvalue weighted by Crippen LogP contribution is -2.32. The molecule has 3 aromatic rings. The number of halogens is 1. The Morgan fingerprint density at radius 1 is 1.17 bits per heavy atom. The Kier molecular flexibility index (Phi) is 5.01. The van der Waals surface area contributed by atoms with Crippen molar-refractivity contribution in [3.63, 3.8) is 0 Å². The van der Waals surface area contributed by atoms with Crippen LogP contribution in [0.2, 0.25) is 5.02 Å². The molecule has 0 aliphatic carbocycles. The quantitative estimate of drug-likeness (QED) is 0.511. The van der Waals surface area contributed by atoms with Crippen LogP contribution in [0.3, 0.4) is 0 Å². The summed E-state index contributed by atoms with van der Waals surface area (Å²) in [6.07, 6.45) is 2.48. The van der Waals surface area contributed by atoms with Crippen LogP contribution in [0.1, 0.15) is 29.7 Å². The molecule has 1 aromatic heterocycles. The summed E-state index contributed by atoms with van der Waals surface area (Å²) in [4.78, 5) is 42.4. The van der Waals surface area contributed by atoms with Gasteiger partial charge in [-0.15, -0.1) is 0 Å². The Morgan fingerprint density at radius 3 is 2.66 bits per heavy atom. The molecule has 5 nitrogen and oxygen atoms in total. The maximum absolute atomic E-state index is 12.8. The highest BCUT2D eigenvalue weighted by Gasteiger charge is 2.50. The number of benzene rings is 2. The van der Waals surface area contributed by atoms with Gasteiger partial charge in [-0.2, -0.15) is 0 Å². The zero-order valence-corrected chi connectivity index (χ0v) is 17.0. The lowest BCUT2D eigenvalue weighted by Gasteiger charge is -2.27. The number of Topliss-reactive ketones (excluding diaryl/α,β-unsaturated/α-hetero) is 2. The van der Waals surface area contributed by atoms with Crippen LogP contribution in [0.4, 0.5) is 0 Å². The van der Waals surface area contributed by atoms with Crippen LogP contribution in [-0.4, -0.2) is 33.9 Å². The maximum Gasteiger partial charge on any atom is 0.291 e. The number of hydrogen-bond acceptors (Lipinski definition) is 3. The second kappa shape index (κ2) is 7.48. The lowest BCUT2D eigenvalue weighted by atomic mass is 9.89. The lowest BCUT2D eigenvalue weighted by molar-refractivity contribution is -0.142. The molecule has 2 unspecified atom stereocenters. The fourth-order valence-corrected chi connectivity index (χ4v) is 4.52. The van der Waals surface area contributed by atoms with Gasteiger partial charge in [0, 0.05) is 28.7 Å². The molecule has 0 spiro atoms. The van der Waals surface area contributed by atoms with E-state index in [1.54, 1.807) is 6.07 Å². The minimum atomic E-state index is -1.02. The number of fused-ring (bicyclic) bond motifs is 1. The number of nitrogens with zero attached hydrogens (tertiary/aromatic N) is 1. The number of rotatable bonds is 5. The van der Waals surface area contributed by atoms with Crippen LogP contribution >= 0.6 is 11.6 Å². The number of para-hydroxylation sites is 1. The average Bonchev–Trinajstić information content (AvgIpc) is 3.20. The molecule has 1 N–H and O–H groups in total. The van der Waals surface area contributed by atoms with E-state index in [1.807, 2.05) is 49.5 Å². The van der Waals surface area contributed by atoms with E-state index in [-0.39, 0.29) is 5.78 Å². The summed E-state index contributed by atoms with van der Waals surface area (Å²) in [6, 6.07) is 12.7. The molecule has 1 amide bonds. The van der Waals surface area contributed by atoms with Crippen molar-refractivity contribution in [2.75, 3.05) is 6.54 Å². The number of carbonyl (C=O) groups excluding carboxylic acids is 3. The monoisotopic (exact) mass is 408 g/mol. The number of aromatic amines is 1. The van der Waals surface area contributed by atoms with Gasteiger partial charge in [0.1, 0.15) is 11.7 Å². The molecule has 1 aliphatic rings. The Bertz CT molecular complexity index is 1130. The van der Waals surface area contributed by atoms with E-state index in [2.05, 4.69) is 4.98 Å². The molecule has 2 heterocycles. The second-order valence-corrected chi connectivity index (χ2v) is 7.94. The zero-order chi connectivity index (χ0) is 20.7. The predicted octanol–water partition coefficient (Wildman–Crippen LogP) is 4.03. The summed E-state index contributed by atoms with van der Waals surface area (Å²) < 4.78 is 0. The number of aromatic nitrogens is 1. The number of carbonyl (C=O) groups is 3. The molecule has 148 valence electrons. The summed E-state index contributed by atoms with van der Waals surface area (Å²) >= 11 is 6.45. The fourth-order valence-electron chi connectivity index (χ4n) is 4.17. The Balaban J connectivity index is 1.70. The number of amides is 1. The maximum atomic E-state index is 12.8. The summed E-state index contributed by atoms with van der Waals surface area (Å²) in [6.45, 7) is 3.59. The van der Waals surface area contributed by atoms with Crippen LogP contribution in [0.5, 0.6) is 0 Å². The Morgan fingerprint density at radius 2 is 1.93 bits per heavy atom. The van der Waals surface area contributed by atoms with Crippen molar-refractivity contribution in [2.45, 2.75) is 26.3 Å². The molecule has 0 bridgehead atoms. The van der Waals surface area contributed by atoms with Gasteiger partial charge in [0.05, 0.1) is 6.04 Å². The third kappa shape index (κ3) is 3.36. The fraction of sp³-hybridized carbons (Fsp3) is 0.261. The molecule has 0 radical (unpaired) electrons. The molecule has 1 fully saturated rings. The third-order valence-electron chi connectivity index (χ3n) is 5.62. The molecule has 29 heavy (non-hydrogen) atoms. The molecule has 6 heteroatoms. The molecule has 0 saturated carbocycles. The van der Waals surface area contributed by atoms with Gasteiger partial charge in [-0.3, -0.25) is 14.4 Å². The Hall–Kier alpha value is -2.92. The van der Waals surface area contributed by atoms with Crippen LogP contribution < -0.4 is 0 Å². The van der Waals surface area contributed by atoms with E-state index >= 15 is 0 Å². The van der Waals surface area contributed by atoms with E-state index in [4.69, 9.17) is 11.6 Å². The van der Waals surface area contributed by atoms with Gasteiger partial charge in [-0.1, -0.05) is 41.9 Å². The topological polar surface area (TPSA) is 70.2 Å². The zero-order valence-electron chi connectivity index (χ0n) is 16.2. The molecular weight excluding hydrogens is 388 g/mol. The first-order valence-corrected chi connectivity index (χ1v) is 9.92. The van der Waals surface area contributed by atoms with Crippen LogP contribution in [0.15, 0.2) is 48.7 Å². The number of nitrogens with one attached hydrogen (secondary N) is 1. The highest BCUT2D eigenvalue weighted by atomic mass is 35.5. The number of likely N-dealkylation sites (tertiary alicyclic amines) is 1. The summed E-state index contributed by atoms with van der Waals surface area (Å²) in [5.41, 5.74) is 3.68. The summed E-state index contributed by atoms with van der Waals surface area (Å²) in [5, 5.41) is 1.54. The van der Waals surface area contributed by atoms with Gasteiger partial charge < -0.3 is 9.88 Å². The van der Waals surface area contributed by atoms with Crippen LogP contribution in [0.25, 0.3) is 10.9 Å². The van der Waals surface area contributed by atoms with E-state index < -0.39 is 23.7 Å². The third-order valence-corrected chi connectivity index (χ3v) is 5.94. The summed E-state index contributed by atoms with van der Waals surface area (Å²) in [5.74, 6) is -2.62. The minimum absolute atomic E-state index is 0.320. The van der Waals surface area contributed by atoms with Gasteiger partial charge in [-0.25, -0.2) is 0 Å². The average molecular weight is 409 g/mol. The first kappa shape index (κ1) is 19.4. The van der Waals surface area contributed by atoms with Crippen LogP contribution in [-0.2, 0) is 20.8 Å². The Labute approximate surface area is 173 Å². The molecule has 2 atom stereocenters. The largest absolute Gasteiger partial charge is 0.361 e. The van der Waals surface area contributed by atoms with Crippen molar-refractivity contribution in [2.24, 2.45) is 5.92 Å². The van der Waals surface area contributed by atoms with Crippen molar-refractivity contribution in [1.82, 2.24) is 9.88 Å². The summed E-state index contributed by atoms with van der Waals surface area (Å²) in [7, 11) is 0. The molecule has 4 rings (SSSR count). The van der Waals surface area contributed by atoms with E-state index in [1.165, 1.54) is 11.8 Å². The number of ketones is 2. The molecule has 1 saturated heterocycles. The van der Waals surface area contributed by atoms with Gasteiger partial charge in [0.2, 0.25) is 5.78 Å². The van der Waals surface area contributed by atoms with Crippen molar-refractivity contribution in [3.05, 3.63) is 70.4 Å². The van der Waals surface area contributed by atoms with Gasteiger partial charge in [-0.05, 0) is 49.1 Å². The molecule has 2 aromatic carbocycles. The number of hydrogen-bond donors (Lipinski definition) is 1. The van der Waals surface area contributed by atoms with Crippen molar-refractivity contribution < 1.29 is 14.4 Å². The van der Waals surface area contributed by atoms with E-state index in [0.29, 0.717) is 23.6 Å². The van der Waals surface area contributed by atoms with E-state index in [9.17, 15) is 14.4 Å². The minimum Gasteiger partial charge on any atom is -0.361 e. The van der Waals surface area contributed by atoms with Gasteiger partial charge >= 0.3 is 0 Å². The van der Waals surface area contributed by atoms with E-state index in [0.717, 1.165) is 22.0 Å².